The summed E-state index contributed by atoms with van der Waals surface area (Å²) in [7, 11) is 3.32. The number of hydrogen-bond acceptors (Lipinski definition) is 8. The number of benzene rings is 2. The SMILES string of the molecule is COc1ccc(CN2C(=O)CCC(n3c(=O)n(C)c4cc(N5CCC(CC6(C(=O)OC(C)(C)C)CCNCC6)CC5)ccc43)C2=O)cc1. The third kappa shape index (κ3) is 6.74. The maximum absolute atomic E-state index is 13.8. The Hall–Kier alpha value is -4.12. The van der Waals surface area contributed by atoms with E-state index in [1.165, 1.54) is 4.90 Å². The van der Waals surface area contributed by atoms with Gasteiger partial charge in [-0.05, 0) is 114 Å². The van der Waals surface area contributed by atoms with Crippen LogP contribution < -0.4 is 20.6 Å². The molecule has 6 rings (SSSR count). The number of fused-ring (bicyclic) bond motifs is 1. The van der Waals surface area contributed by atoms with Crippen molar-refractivity contribution in [3.05, 3.63) is 58.5 Å². The monoisotopic (exact) mass is 659 g/mol. The zero-order valence-corrected chi connectivity index (χ0v) is 28.9. The quantitative estimate of drug-likeness (QED) is 0.277. The molecule has 4 heterocycles. The minimum Gasteiger partial charge on any atom is -0.497 e. The number of nitrogens with one attached hydrogen (secondary N) is 1. The van der Waals surface area contributed by atoms with Crippen molar-refractivity contribution in [1.82, 2.24) is 19.4 Å². The summed E-state index contributed by atoms with van der Waals surface area (Å²) in [5.41, 5.74) is 2.07. The van der Waals surface area contributed by atoms with Crippen molar-refractivity contribution in [1.29, 1.82) is 0 Å². The van der Waals surface area contributed by atoms with Gasteiger partial charge in [0.05, 0.1) is 30.1 Å². The second-order valence-electron chi connectivity index (χ2n) is 14.8. The van der Waals surface area contributed by atoms with E-state index in [1.54, 1.807) is 35.4 Å². The molecule has 0 bridgehead atoms. The Kier molecular flexibility index (Phi) is 9.44. The van der Waals surface area contributed by atoms with Gasteiger partial charge in [-0.2, -0.15) is 0 Å². The Morgan fingerprint density at radius 1 is 0.958 bits per heavy atom. The molecule has 2 aromatic carbocycles. The third-order valence-corrected chi connectivity index (χ3v) is 10.4. The molecule has 0 aliphatic carbocycles. The number of amides is 2. The van der Waals surface area contributed by atoms with Crippen LogP contribution in [0.2, 0.25) is 0 Å². The van der Waals surface area contributed by atoms with Crippen LogP contribution in [0.3, 0.4) is 0 Å². The lowest BCUT2D eigenvalue weighted by Crippen LogP contribution is -2.47. The van der Waals surface area contributed by atoms with Crippen LogP contribution in [0, 0.1) is 11.3 Å². The first-order valence-electron chi connectivity index (χ1n) is 17.3. The van der Waals surface area contributed by atoms with Crippen molar-refractivity contribution < 1.29 is 23.9 Å². The number of aryl methyl sites for hydroxylation is 1. The van der Waals surface area contributed by atoms with E-state index in [-0.39, 0.29) is 42.9 Å². The number of nitrogens with zero attached hydrogens (tertiary/aromatic N) is 4. The highest BCUT2D eigenvalue weighted by molar-refractivity contribution is 6.00. The molecule has 3 fully saturated rings. The normalized spacial score (nSPS) is 20.7. The molecule has 1 N–H and O–H groups in total. The number of ether oxygens (including phenoxy) is 2. The molecule has 0 radical (unpaired) electrons. The van der Waals surface area contributed by atoms with Crippen LogP contribution in [-0.2, 0) is 32.7 Å². The van der Waals surface area contributed by atoms with Gasteiger partial charge >= 0.3 is 11.7 Å². The van der Waals surface area contributed by atoms with Crippen molar-refractivity contribution in [3.63, 3.8) is 0 Å². The highest BCUT2D eigenvalue weighted by Crippen LogP contribution is 2.41. The van der Waals surface area contributed by atoms with E-state index in [0.717, 1.165) is 75.1 Å². The fourth-order valence-corrected chi connectivity index (χ4v) is 7.72. The number of anilines is 1. The number of piperidine rings is 3. The number of rotatable bonds is 8. The Morgan fingerprint density at radius 3 is 2.29 bits per heavy atom. The van der Waals surface area contributed by atoms with Gasteiger partial charge in [-0.15, -0.1) is 0 Å². The van der Waals surface area contributed by atoms with Gasteiger partial charge in [0, 0.05) is 32.2 Å². The fraction of sp³-hybridized carbons (Fsp3) is 0.568. The zero-order chi connectivity index (χ0) is 34.2. The molecule has 1 aromatic heterocycles. The second kappa shape index (κ2) is 13.4. The van der Waals surface area contributed by atoms with Crippen LogP contribution >= 0.6 is 0 Å². The molecule has 1 atom stereocenters. The van der Waals surface area contributed by atoms with E-state index in [0.29, 0.717) is 17.2 Å². The maximum atomic E-state index is 13.8. The standard InChI is InChI=1S/C37H49N5O6/c1-36(2,3)48-34(45)37(16-18-38-19-17-37)23-25-14-20-40(21-15-25)27-8-11-29-31(22-27)39(4)35(46)42(29)30-12-13-32(43)41(33(30)44)24-26-6-9-28(47-5)10-7-26/h6-11,22,25,30,38H,12-21,23-24H2,1-5H3. The van der Waals surface area contributed by atoms with Crippen LogP contribution in [0.25, 0.3) is 11.0 Å². The molecule has 3 aliphatic heterocycles. The number of carbonyl (C=O) groups excluding carboxylic acids is 3. The molecule has 3 aliphatic rings. The highest BCUT2D eigenvalue weighted by atomic mass is 16.6. The van der Waals surface area contributed by atoms with Crippen LogP contribution in [0.5, 0.6) is 5.75 Å². The molecule has 11 heteroatoms. The summed E-state index contributed by atoms with van der Waals surface area (Å²) in [6.07, 6.45) is 4.89. The minimum atomic E-state index is -0.758. The lowest BCUT2D eigenvalue weighted by atomic mass is 9.70. The summed E-state index contributed by atoms with van der Waals surface area (Å²) in [6.45, 7) is 9.34. The number of hydrogen-bond donors (Lipinski definition) is 1. The van der Waals surface area contributed by atoms with Gasteiger partial charge in [0.25, 0.3) is 5.91 Å². The molecule has 0 saturated carbocycles. The lowest BCUT2D eigenvalue weighted by Gasteiger charge is -2.42. The molecule has 48 heavy (non-hydrogen) atoms. The topological polar surface area (TPSA) is 115 Å². The van der Waals surface area contributed by atoms with Gasteiger partial charge in [-0.3, -0.25) is 28.4 Å². The summed E-state index contributed by atoms with van der Waals surface area (Å²) in [4.78, 5) is 57.3. The van der Waals surface area contributed by atoms with Crippen LogP contribution in [0.4, 0.5) is 5.69 Å². The Bertz CT molecular complexity index is 1720. The average molecular weight is 660 g/mol. The summed E-state index contributed by atoms with van der Waals surface area (Å²) in [6, 6.07) is 12.5. The van der Waals surface area contributed by atoms with Crippen molar-refractivity contribution in [2.75, 3.05) is 38.2 Å². The number of imidazole rings is 1. The van der Waals surface area contributed by atoms with Gasteiger partial charge in [0.15, 0.2) is 0 Å². The van der Waals surface area contributed by atoms with Crippen LogP contribution in [0.1, 0.15) is 77.3 Å². The number of aromatic nitrogens is 2. The Balaban J connectivity index is 1.17. The van der Waals surface area contributed by atoms with Crippen molar-refractivity contribution >= 4 is 34.5 Å². The summed E-state index contributed by atoms with van der Waals surface area (Å²) in [5, 5.41) is 3.41. The molecule has 3 saturated heterocycles. The van der Waals surface area contributed by atoms with Crippen LogP contribution in [0.15, 0.2) is 47.3 Å². The van der Waals surface area contributed by atoms with Gasteiger partial charge in [-0.25, -0.2) is 4.79 Å². The van der Waals surface area contributed by atoms with E-state index in [1.807, 2.05) is 51.1 Å². The molecule has 0 spiro atoms. The van der Waals surface area contributed by atoms with E-state index in [2.05, 4.69) is 10.2 Å². The third-order valence-electron chi connectivity index (χ3n) is 10.4. The number of imide groups is 1. The minimum absolute atomic E-state index is 0.0560. The fourth-order valence-electron chi connectivity index (χ4n) is 7.72. The zero-order valence-electron chi connectivity index (χ0n) is 28.9. The van der Waals surface area contributed by atoms with Gasteiger partial charge in [0.1, 0.15) is 17.4 Å². The first kappa shape index (κ1) is 33.8. The molecule has 1 unspecified atom stereocenters. The van der Waals surface area contributed by atoms with Gasteiger partial charge in [-0.1, -0.05) is 12.1 Å². The molecule has 2 amide bonds. The predicted molar refractivity (Wildman–Crippen MR) is 184 cm³/mol. The molecular weight excluding hydrogens is 610 g/mol. The predicted octanol–water partition coefficient (Wildman–Crippen LogP) is 4.56. The largest absolute Gasteiger partial charge is 0.497 e. The molecular formula is C37H49N5O6. The number of esters is 1. The van der Waals surface area contributed by atoms with Crippen molar-refractivity contribution in [2.45, 2.75) is 83.9 Å². The smallest absolute Gasteiger partial charge is 0.329 e. The maximum Gasteiger partial charge on any atom is 0.329 e. The highest BCUT2D eigenvalue weighted by Gasteiger charge is 2.44. The molecule has 258 valence electrons. The van der Waals surface area contributed by atoms with E-state index in [9.17, 15) is 19.2 Å². The Morgan fingerprint density at radius 2 is 1.65 bits per heavy atom. The number of likely N-dealkylation sites (tertiary alicyclic amines) is 1. The van der Waals surface area contributed by atoms with Crippen molar-refractivity contribution in [2.24, 2.45) is 18.4 Å². The summed E-state index contributed by atoms with van der Waals surface area (Å²) >= 11 is 0. The van der Waals surface area contributed by atoms with E-state index < -0.39 is 17.1 Å². The lowest BCUT2D eigenvalue weighted by molar-refractivity contribution is -0.171. The first-order valence-corrected chi connectivity index (χ1v) is 17.3. The van der Waals surface area contributed by atoms with Gasteiger partial charge in [0.2, 0.25) is 5.91 Å². The molecule has 3 aromatic rings. The summed E-state index contributed by atoms with van der Waals surface area (Å²) in [5.74, 6) is 0.480. The molecule has 11 nitrogen and oxygen atoms in total. The van der Waals surface area contributed by atoms with E-state index >= 15 is 0 Å². The average Bonchev–Trinajstić information content (AvgIpc) is 3.31. The van der Waals surface area contributed by atoms with Crippen molar-refractivity contribution in [3.8, 4) is 5.75 Å². The first-order chi connectivity index (χ1) is 22.9. The second-order valence-corrected chi connectivity index (χ2v) is 14.8. The van der Waals surface area contributed by atoms with Gasteiger partial charge < -0.3 is 19.7 Å². The Labute approximate surface area is 282 Å². The summed E-state index contributed by atoms with van der Waals surface area (Å²) < 4.78 is 14.3. The number of methoxy groups -OCH3 is 1. The number of carbonyl (C=O) groups is 3. The van der Waals surface area contributed by atoms with E-state index in [4.69, 9.17) is 9.47 Å². The van der Waals surface area contributed by atoms with Crippen LogP contribution in [-0.4, -0.2) is 70.7 Å².